The topological polar surface area (TPSA) is 57.5 Å². The number of hydrogen-bond acceptors (Lipinski definition) is 1. The van der Waals surface area contributed by atoms with Gasteiger partial charge in [-0.1, -0.05) is 0 Å². The van der Waals surface area contributed by atoms with E-state index in [4.69, 9.17) is 15.0 Å². The zero-order valence-electron chi connectivity index (χ0n) is 6.63. The first-order valence-corrected chi connectivity index (χ1v) is 3.07. The average Bonchev–Trinajstić information content (AvgIpc) is 1.97. The molecule has 0 bridgehead atoms. The van der Waals surface area contributed by atoms with Crippen molar-refractivity contribution in [2.24, 2.45) is 0 Å². The highest BCUT2D eigenvalue weighted by Crippen LogP contribution is 2.16. The Morgan fingerprint density at radius 2 is 1.43 bits per heavy atom. The number of halogens is 5. The molecule has 0 amide bonds. The number of hydrogen-bond donors (Lipinski definition) is 2. The largest absolute Gasteiger partial charge is 0.503 e. The summed E-state index contributed by atoms with van der Waals surface area (Å²) in [5.41, 5.74) is -1.44. The number of alkyl halides is 5. The first-order valence-electron chi connectivity index (χ1n) is 3.07. The molecule has 0 saturated heterocycles. The van der Waals surface area contributed by atoms with Crippen LogP contribution < -0.4 is 0 Å². The molecule has 0 fully saturated rings. The molecule has 0 aliphatic heterocycles. The van der Waals surface area contributed by atoms with Gasteiger partial charge in [0.15, 0.2) is 0 Å². The smallest absolute Gasteiger partial charge is 0.450 e. The number of rotatable bonds is 3. The SMILES string of the molecule is FCC=C(C(F)F)C(F)F.O=C(O)O. The van der Waals surface area contributed by atoms with Gasteiger partial charge in [-0.25, -0.2) is 26.7 Å². The predicted molar refractivity (Wildman–Crippen MR) is 36.7 cm³/mol. The lowest BCUT2D eigenvalue weighted by Crippen LogP contribution is -2.06. The van der Waals surface area contributed by atoms with Gasteiger partial charge in [0, 0.05) is 0 Å². The van der Waals surface area contributed by atoms with Crippen LogP contribution in [0.1, 0.15) is 0 Å². The third kappa shape index (κ3) is 10.7. The minimum absolute atomic E-state index is 0.190. The van der Waals surface area contributed by atoms with Gasteiger partial charge in [-0.15, -0.1) is 0 Å². The predicted octanol–water partition coefficient (Wildman–Crippen LogP) is 2.63. The van der Waals surface area contributed by atoms with Crippen LogP contribution in [0.15, 0.2) is 11.6 Å². The molecule has 0 unspecified atom stereocenters. The second-order valence-corrected chi connectivity index (χ2v) is 1.74. The molecular formula is C6H7F5O3. The Labute approximate surface area is 75.5 Å². The lowest BCUT2D eigenvalue weighted by atomic mass is 10.3. The molecule has 8 heteroatoms. The van der Waals surface area contributed by atoms with E-state index in [1.54, 1.807) is 0 Å². The summed E-state index contributed by atoms with van der Waals surface area (Å²) in [6.07, 6.45) is -8.18. The molecule has 0 radical (unpaired) electrons. The van der Waals surface area contributed by atoms with E-state index in [2.05, 4.69) is 0 Å². The Bertz CT molecular complexity index is 178. The highest BCUT2D eigenvalue weighted by atomic mass is 19.3. The second-order valence-electron chi connectivity index (χ2n) is 1.74. The van der Waals surface area contributed by atoms with E-state index < -0.39 is 31.3 Å². The maximum absolute atomic E-state index is 11.4. The van der Waals surface area contributed by atoms with E-state index in [1.807, 2.05) is 0 Å². The monoisotopic (exact) mass is 222 g/mol. The Morgan fingerprint density at radius 3 is 1.50 bits per heavy atom. The van der Waals surface area contributed by atoms with Gasteiger partial charge in [0.05, 0.1) is 5.57 Å². The van der Waals surface area contributed by atoms with Gasteiger partial charge >= 0.3 is 6.16 Å². The van der Waals surface area contributed by atoms with Crippen LogP contribution in [0.4, 0.5) is 26.7 Å². The summed E-state index contributed by atoms with van der Waals surface area (Å²) >= 11 is 0. The van der Waals surface area contributed by atoms with Crippen LogP contribution in [0, 0.1) is 0 Å². The van der Waals surface area contributed by atoms with Crippen LogP contribution in [0.5, 0.6) is 0 Å². The molecule has 0 aromatic heterocycles. The van der Waals surface area contributed by atoms with Crippen LogP contribution in [0.3, 0.4) is 0 Å². The zero-order valence-corrected chi connectivity index (χ0v) is 6.63. The number of carboxylic acid groups (broad SMARTS) is 2. The summed E-state index contributed by atoms with van der Waals surface area (Å²) in [5, 5.41) is 13.9. The molecule has 0 heterocycles. The van der Waals surface area contributed by atoms with Crippen LogP contribution >= 0.6 is 0 Å². The molecule has 84 valence electrons. The van der Waals surface area contributed by atoms with E-state index in [-0.39, 0.29) is 6.08 Å². The quantitative estimate of drug-likeness (QED) is 0.570. The number of carbonyl (C=O) groups is 1. The van der Waals surface area contributed by atoms with Crippen LogP contribution in [-0.4, -0.2) is 35.9 Å². The van der Waals surface area contributed by atoms with Gasteiger partial charge in [-0.3, -0.25) is 0 Å². The molecule has 14 heavy (non-hydrogen) atoms. The molecule has 0 spiro atoms. The third-order valence-corrected chi connectivity index (χ3v) is 0.817. The van der Waals surface area contributed by atoms with E-state index in [0.29, 0.717) is 0 Å². The fourth-order valence-electron chi connectivity index (χ4n) is 0.362. The van der Waals surface area contributed by atoms with Crippen molar-refractivity contribution in [3.05, 3.63) is 11.6 Å². The standard InChI is InChI=1S/C5H5F5.CH2O3/c6-2-1-3(4(7)8)5(9)10;2-1(3)4/h1,4-5H,2H2;(H2,2,3,4). The summed E-state index contributed by atoms with van der Waals surface area (Å²) in [6, 6.07) is 0. The summed E-state index contributed by atoms with van der Waals surface area (Å²) < 4.78 is 56.9. The van der Waals surface area contributed by atoms with Crippen LogP contribution in [0.25, 0.3) is 0 Å². The fraction of sp³-hybridized carbons (Fsp3) is 0.500. The van der Waals surface area contributed by atoms with Gasteiger partial charge in [0.1, 0.15) is 6.67 Å². The minimum atomic E-state index is -3.27. The van der Waals surface area contributed by atoms with Crippen LogP contribution in [-0.2, 0) is 0 Å². The zero-order chi connectivity index (χ0) is 11.7. The summed E-state index contributed by atoms with van der Waals surface area (Å²) in [6.45, 7) is -1.29. The van der Waals surface area contributed by atoms with Gasteiger partial charge in [-0.2, -0.15) is 0 Å². The maximum atomic E-state index is 11.4. The Hall–Kier alpha value is -1.34. The molecule has 0 saturated carbocycles. The molecule has 0 rings (SSSR count). The van der Waals surface area contributed by atoms with E-state index >= 15 is 0 Å². The molecule has 0 aliphatic carbocycles. The molecule has 3 nitrogen and oxygen atoms in total. The second kappa shape index (κ2) is 8.27. The van der Waals surface area contributed by atoms with Crippen molar-refractivity contribution >= 4 is 6.16 Å². The Balaban J connectivity index is 0. The lowest BCUT2D eigenvalue weighted by Gasteiger charge is -2.01. The lowest BCUT2D eigenvalue weighted by molar-refractivity contribution is 0.111. The molecule has 0 aromatic carbocycles. The Kier molecular flexibility index (Phi) is 8.94. The molecule has 2 N–H and O–H groups in total. The third-order valence-electron chi connectivity index (χ3n) is 0.817. The molecule has 0 atom stereocenters. The van der Waals surface area contributed by atoms with Crippen molar-refractivity contribution in [1.29, 1.82) is 0 Å². The fourth-order valence-corrected chi connectivity index (χ4v) is 0.362. The summed E-state index contributed by atoms with van der Waals surface area (Å²) in [5.74, 6) is 0. The van der Waals surface area contributed by atoms with Crippen molar-refractivity contribution in [3.63, 3.8) is 0 Å². The maximum Gasteiger partial charge on any atom is 0.503 e. The molecule has 0 aliphatic rings. The minimum Gasteiger partial charge on any atom is -0.450 e. The van der Waals surface area contributed by atoms with E-state index in [9.17, 15) is 22.0 Å². The highest BCUT2D eigenvalue weighted by molar-refractivity contribution is 5.53. The Morgan fingerprint density at radius 1 is 1.14 bits per heavy atom. The van der Waals surface area contributed by atoms with Gasteiger partial charge in [0.25, 0.3) is 12.9 Å². The van der Waals surface area contributed by atoms with Crippen molar-refractivity contribution in [2.45, 2.75) is 12.9 Å². The first kappa shape index (κ1) is 15.1. The van der Waals surface area contributed by atoms with Crippen LogP contribution in [0.2, 0.25) is 0 Å². The van der Waals surface area contributed by atoms with Crippen molar-refractivity contribution < 1.29 is 37.0 Å². The van der Waals surface area contributed by atoms with Gasteiger partial charge < -0.3 is 10.2 Å². The van der Waals surface area contributed by atoms with Crippen molar-refractivity contribution in [2.75, 3.05) is 6.67 Å². The average molecular weight is 222 g/mol. The van der Waals surface area contributed by atoms with Gasteiger partial charge in [0.2, 0.25) is 0 Å². The van der Waals surface area contributed by atoms with Crippen molar-refractivity contribution in [3.8, 4) is 0 Å². The molecular weight excluding hydrogens is 215 g/mol. The summed E-state index contributed by atoms with van der Waals surface area (Å²) in [7, 11) is 0. The van der Waals surface area contributed by atoms with E-state index in [1.165, 1.54) is 0 Å². The molecule has 0 aromatic rings. The van der Waals surface area contributed by atoms with Crippen molar-refractivity contribution in [1.82, 2.24) is 0 Å². The van der Waals surface area contributed by atoms with E-state index in [0.717, 1.165) is 0 Å². The highest BCUT2D eigenvalue weighted by Gasteiger charge is 2.20. The first-order chi connectivity index (χ1) is 6.32. The van der Waals surface area contributed by atoms with Gasteiger partial charge in [-0.05, 0) is 6.08 Å². The summed E-state index contributed by atoms with van der Waals surface area (Å²) in [4.78, 5) is 8.56. The normalized spacial score (nSPS) is 9.36. The number of allylic oxidation sites excluding steroid dienone is 2.